The zero-order valence-electron chi connectivity index (χ0n) is 7.81. The largest absolute Gasteiger partial charge is 0.493 e. The Morgan fingerprint density at radius 2 is 2.00 bits per heavy atom. The zero-order chi connectivity index (χ0) is 9.97. The molecule has 0 amide bonds. The summed E-state index contributed by atoms with van der Waals surface area (Å²) in [6, 6.07) is 9.24. The monoisotopic (exact) mass is 186 g/mol. The number of aryl methyl sites for hydroxylation is 1. The predicted molar refractivity (Wildman–Crippen MR) is 53.9 cm³/mol. The molecule has 0 saturated heterocycles. The molecule has 0 radical (unpaired) electrons. The van der Waals surface area contributed by atoms with Gasteiger partial charge in [0.2, 0.25) is 5.88 Å². The van der Waals surface area contributed by atoms with E-state index in [-0.39, 0.29) is 5.88 Å². The molecule has 14 heavy (non-hydrogen) atoms. The Hall–Kier alpha value is -1.90. The van der Waals surface area contributed by atoms with Gasteiger partial charge in [-0.3, -0.25) is 4.98 Å². The third kappa shape index (κ3) is 1.57. The highest BCUT2D eigenvalue weighted by Crippen LogP contribution is 2.24. The smallest absolute Gasteiger partial charge is 0.220 e. The molecule has 0 aliphatic carbocycles. The Morgan fingerprint density at radius 1 is 1.14 bits per heavy atom. The molecule has 3 heteroatoms. The van der Waals surface area contributed by atoms with Crippen LogP contribution >= 0.6 is 0 Å². The van der Waals surface area contributed by atoms with Crippen LogP contribution in [-0.4, -0.2) is 15.1 Å². The fourth-order valence-corrected chi connectivity index (χ4v) is 1.29. The van der Waals surface area contributed by atoms with Gasteiger partial charge in [-0.1, -0.05) is 6.07 Å². The van der Waals surface area contributed by atoms with Crippen molar-refractivity contribution in [3.63, 3.8) is 0 Å². The van der Waals surface area contributed by atoms with Gasteiger partial charge in [0.15, 0.2) is 0 Å². The Morgan fingerprint density at radius 3 is 2.71 bits per heavy atom. The van der Waals surface area contributed by atoms with E-state index in [1.54, 1.807) is 18.3 Å². The van der Waals surface area contributed by atoms with Gasteiger partial charge >= 0.3 is 0 Å². The number of nitrogens with zero attached hydrogens (tertiary/aromatic N) is 2. The minimum atomic E-state index is 0.0191. The molecule has 3 nitrogen and oxygen atoms in total. The van der Waals surface area contributed by atoms with Gasteiger partial charge in [-0.05, 0) is 31.2 Å². The van der Waals surface area contributed by atoms with Crippen molar-refractivity contribution >= 4 is 0 Å². The summed E-state index contributed by atoms with van der Waals surface area (Å²) in [4.78, 5) is 8.10. The van der Waals surface area contributed by atoms with Gasteiger partial charge in [0.05, 0.1) is 11.3 Å². The van der Waals surface area contributed by atoms with Crippen LogP contribution < -0.4 is 0 Å². The van der Waals surface area contributed by atoms with Gasteiger partial charge in [0.1, 0.15) is 0 Å². The molecule has 0 fully saturated rings. The van der Waals surface area contributed by atoms with Crippen LogP contribution in [0.2, 0.25) is 0 Å². The Kier molecular flexibility index (Phi) is 2.14. The van der Waals surface area contributed by atoms with E-state index in [1.165, 1.54) is 0 Å². The molecular weight excluding hydrogens is 176 g/mol. The summed E-state index contributed by atoms with van der Waals surface area (Å²) in [5.41, 5.74) is 2.33. The van der Waals surface area contributed by atoms with E-state index in [1.807, 2.05) is 25.1 Å². The maximum absolute atomic E-state index is 9.50. The molecule has 2 heterocycles. The first kappa shape index (κ1) is 8.69. The first-order chi connectivity index (χ1) is 6.77. The second-order valence-corrected chi connectivity index (χ2v) is 3.04. The minimum absolute atomic E-state index is 0.0191. The Balaban J connectivity index is 2.55. The number of aromatic hydroxyl groups is 1. The molecule has 70 valence electrons. The highest BCUT2D eigenvalue weighted by atomic mass is 16.3. The number of aromatic nitrogens is 2. The van der Waals surface area contributed by atoms with Gasteiger partial charge in [0.25, 0.3) is 0 Å². The summed E-state index contributed by atoms with van der Waals surface area (Å²) < 4.78 is 0. The molecule has 0 unspecified atom stereocenters. The highest BCUT2D eigenvalue weighted by Gasteiger charge is 2.04. The maximum Gasteiger partial charge on any atom is 0.220 e. The lowest BCUT2D eigenvalue weighted by atomic mass is 10.2. The van der Waals surface area contributed by atoms with Crippen LogP contribution in [0.4, 0.5) is 0 Å². The number of hydrogen-bond acceptors (Lipinski definition) is 3. The predicted octanol–water partition coefficient (Wildman–Crippen LogP) is 2.16. The van der Waals surface area contributed by atoms with Gasteiger partial charge < -0.3 is 5.11 Å². The average molecular weight is 186 g/mol. The van der Waals surface area contributed by atoms with Crippen molar-refractivity contribution in [3.8, 4) is 17.1 Å². The van der Waals surface area contributed by atoms with Crippen LogP contribution in [0.15, 0.2) is 36.5 Å². The van der Waals surface area contributed by atoms with E-state index in [2.05, 4.69) is 9.97 Å². The van der Waals surface area contributed by atoms with E-state index in [0.717, 1.165) is 11.4 Å². The molecule has 0 aliphatic heterocycles. The summed E-state index contributed by atoms with van der Waals surface area (Å²) in [5.74, 6) is 0.0191. The van der Waals surface area contributed by atoms with Crippen LogP contribution in [0, 0.1) is 6.92 Å². The SMILES string of the molecule is Cc1cccc(-c2cccnc2O)n1. The molecule has 0 aromatic carbocycles. The molecule has 0 bridgehead atoms. The highest BCUT2D eigenvalue weighted by molar-refractivity contribution is 5.64. The zero-order valence-corrected chi connectivity index (χ0v) is 7.81. The van der Waals surface area contributed by atoms with Crippen LogP contribution in [-0.2, 0) is 0 Å². The van der Waals surface area contributed by atoms with E-state index < -0.39 is 0 Å². The van der Waals surface area contributed by atoms with Gasteiger partial charge in [-0.25, -0.2) is 4.98 Å². The van der Waals surface area contributed by atoms with Crippen LogP contribution in [0.1, 0.15) is 5.69 Å². The number of pyridine rings is 2. The molecule has 2 rings (SSSR count). The molecule has 0 spiro atoms. The maximum atomic E-state index is 9.50. The lowest BCUT2D eigenvalue weighted by Gasteiger charge is -2.02. The van der Waals surface area contributed by atoms with E-state index >= 15 is 0 Å². The third-order valence-electron chi connectivity index (χ3n) is 1.95. The molecule has 2 aromatic rings. The van der Waals surface area contributed by atoms with Crippen molar-refractivity contribution in [1.82, 2.24) is 9.97 Å². The van der Waals surface area contributed by atoms with Gasteiger partial charge in [0, 0.05) is 11.9 Å². The fraction of sp³-hybridized carbons (Fsp3) is 0.0909. The standard InChI is InChI=1S/C11H10N2O/c1-8-4-2-6-10(13-8)9-5-3-7-12-11(9)14/h2-7H,1H3,(H,12,14). The van der Waals surface area contributed by atoms with Crippen LogP contribution in [0.3, 0.4) is 0 Å². The molecular formula is C11H10N2O. The van der Waals surface area contributed by atoms with Crippen molar-refractivity contribution < 1.29 is 5.11 Å². The van der Waals surface area contributed by atoms with Crippen molar-refractivity contribution in [2.75, 3.05) is 0 Å². The number of rotatable bonds is 1. The molecule has 0 aliphatic rings. The van der Waals surface area contributed by atoms with Crippen molar-refractivity contribution in [3.05, 3.63) is 42.2 Å². The first-order valence-electron chi connectivity index (χ1n) is 4.35. The van der Waals surface area contributed by atoms with E-state index in [0.29, 0.717) is 5.56 Å². The average Bonchev–Trinajstić information content (AvgIpc) is 2.18. The molecule has 1 N–H and O–H groups in total. The van der Waals surface area contributed by atoms with Crippen molar-refractivity contribution in [2.45, 2.75) is 6.92 Å². The van der Waals surface area contributed by atoms with E-state index in [9.17, 15) is 5.11 Å². The Labute approximate surface area is 82.1 Å². The summed E-state index contributed by atoms with van der Waals surface area (Å²) in [7, 11) is 0. The van der Waals surface area contributed by atoms with Crippen LogP contribution in [0.5, 0.6) is 5.88 Å². The third-order valence-corrected chi connectivity index (χ3v) is 1.95. The summed E-state index contributed by atoms with van der Waals surface area (Å²) in [6.45, 7) is 1.91. The fourth-order valence-electron chi connectivity index (χ4n) is 1.29. The van der Waals surface area contributed by atoms with Crippen LogP contribution in [0.25, 0.3) is 11.3 Å². The normalized spacial score (nSPS) is 10.1. The van der Waals surface area contributed by atoms with Gasteiger partial charge in [-0.2, -0.15) is 0 Å². The topological polar surface area (TPSA) is 46.0 Å². The lowest BCUT2D eigenvalue weighted by Crippen LogP contribution is -1.87. The van der Waals surface area contributed by atoms with Crippen molar-refractivity contribution in [2.24, 2.45) is 0 Å². The quantitative estimate of drug-likeness (QED) is 0.742. The molecule has 0 saturated carbocycles. The molecule has 0 atom stereocenters. The summed E-state index contributed by atoms with van der Waals surface area (Å²) >= 11 is 0. The first-order valence-corrected chi connectivity index (χ1v) is 4.35. The van der Waals surface area contributed by atoms with Crippen molar-refractivity contribution in [1.29, 1.82) is 0 Å². The van der Waals surface area contributed by atoms with E-state index in [4.69, 9.17) is 0 Å². The second kappa shape index (κ2) is 3.46. The Bertz CT molecular complexity index is 455. The number of hydrogen-bond donors (Lipinski definition) is 1. The summed E-state index contributed by atoms with van der Waals surface area (Å²) in [6.07, 6.45) is 1.55. The van der Waals surface area contributed by atoms with Gasteiger partial charge in [-0.15, -0.1) is 0 Å². The minimum Gasteiger partial charge on any atom is -0.493 e. The lowest BCUT2D eigenvalue weighted by molar-refractivity contribution is 0.455. The second-order valence-electron chi connectivity index (χ2n) is 3.04. The summed E-state index contributed by atoms with van der Waals surface area (Å²) in [5, 5.41) is 9.50. The molecule has 2 aromatic heterocycles.